The Hall–Kier alpha value is -1.24. The third-order valence-corrected chi connectivity index (χ3v) is 4.73. The Labute approximate surface area is 130 Å². The molecule has 2 aromatic rings. The number of nitrogens with one attached hydrogen (secondary N) is 1. The van der Waals surface area contributed by atoms with Crippen LogP contribution in [0.25, 0.3) is 0 Å². The van der Waals surface area contributed by atoms with Gasteiger partial charge in [-0.1, -0.05) is 35.1 Å². The Kier molecular flexibility index (Phi) is 5.70. The van der Waals surface area contributed by atoms with Gasteiger partial charge in [-0.15, -0.1) is 11.8 Å². The van der Waals surface area contributed by atoms with E-state index in [4.69, 9.17) is 17.3 Å². The molecule has 2 rings (SSSR count). The van der Waals surface area contributed by atoms with Crippen molar-refractivity contribution in [3.8, 4) is 0 Å². The maximum absolute atomic E-state index is 11.7. The second-order valence-electron chi connectivity index (χ2n) is 4.04. The summed E-state index contributed by atoms with van der Waals surface area (Å²) >= 11 is 8.73. The summed E-state index contributed by atoms with van der Waals surface area (Å²) in [7, 11) is 0. The molecule has 1 amide bonds. The van der Waals surface area contributed by atoms with Gasteiger partial charge in [0.25, 0.3) is 0 Å². The van der Waals surface area contributed by atoms with E-state index < -0.39 is 0 Å². The lowest BCUT2D eigenvalue weighted by Crippen LogP contribution is -2.27. The molecule has 0 aliphatic heterocycles. The highest BCUT2D eigenvalue weighted by Crippen LogP contribution is 2.25. The van der Waals surface area contributed by atoms with E-state index in [1.54, 1.807) is 6.20 Å². The summed E-state index contributed by atoms with van der Waals surface area (Å²) in [5.41, 5.74) is 6.64. The van der Waals surface area contributed by atoms with Crippen molar-refractivity contribution in [2.75, 3.05) is 18.0 Å². The van der Waals surface area contributed by atoms with Crippen LogP contribution in [-0.4, -0.2) is 23.2 Å². The third kappa shape index (κ3) is 5.03. The quantitative estimate of drug-likeness (QED) is 0.801. The number of benzene rings is 1. The third-order valence-electron chi connectivity index (χ3n) is 2.47. The van der Waals surface area contributed by atoms with Gasteiger partial charge in [0.1, 0.15) is 0 Å². The molecule has 1 heterocycles. The van der Waals surface area contributed by atoms with Crippen molar-refractivity contribution in [1.82, 2.24) is 10.3 Å². The van der Waals surface area contributed by atoms with Crippen molar-refractivity contribution >= 4 is 45.7 Å². The first-order chi connectivity index (χ1) is 9.63. The van der Waals surface area contributed by atoms with Crippen LogP contribution in [0.3, 0.4) is 0 Å². The number of aromatic nitrogens is 1. The number of thioether (sulfide) groups is 1. The minimum Gasteiger partial charge on any atom is -0.375 e. The van der Waals surface area contributed by atoms with Crippen molar-refractivity contribution in [1.29, 1.82) is 0 Å². The summed E-state index contributed by atoms with van der Waals surface area (Å²) in [4.78, 5) is 15.6. The van der Waals surface area contributed by atoms with Crippen LogP contribution in [0.1, 0.15) is 5.56 Å². The first-order valence-electron chi connectivity index (χ1n) is 5.99. The SMILES string of the molecule is Nc1ncc(SCC(=O)NCCc2cccc(Cl)c2)s1. The van der Waals surface area contributed by atoms with E-state index in [-0.39, 0.29) is 5.91 Å². The van der Waals surface area contributed by atoms with Crippen molar-refractivity contribution < 1.29 is 4.79 Å². The highest BCUT2D eigenvalue weighted by molar-refractivity contribution is 8.01. The maximum Gasteiger partial charge on any atom is 0.230 e. The number of rotatable bonds is 6. The molecule has 7 heteroatoms. The fourth-order valence-corrected chi connectivity index (χ4v) is 3.37. The van der Waals surface area contributed by atoms with Crippen LogP contribution >= 0.6 is 34.7 Å². The van der Waals surface area contributed by atoms with Gasteiger partial charge in [0.15, 0.2) is 5.13 Å². The van der Waals surface area contributed by atoms with E-state index in [9.17, 15) is 4.79 Å². The molecule has 106 valence electrons. The van der Waals surface area contributed by atoms with E-state index in [0.29, 0.717) is 22.5 Å². The Balaban J connectivity index is 1.67. The zero-order valence-corrected chi connectivity index (χ0v) is 13.0. The van der Waals surface area contributed by atoms with Gasteiger partial charge in [-0.2, -0.15) is 0 Å². The fraction of sp³-hybridized carbons (Fsp3) is 0.231. The molecule has 1 aromatic carbocycles. The molecule has 0 unspecified atom stereocenters. The second kappa shape index (κ2) is 7.52. The number of amides is 1. The number of nitrogen functional groups attached to an aromatic ring is 1. The molecule has 0 saturated heterocycles. The minimum absolute atomic E-state index is 0.00370. The van der Waals surface area contributed by atoms with E-state index in [1.807, 2.05) is 24.3 Å². The summed E-state index contributed by atoms with van der Waals surface area (Å²) in [6.07, 6.45) is 2.45. The van der Waals surface area contributed by atoms with Crippen LogP contribution in [0.15, 0.2) is 34.7 Å². The standard InChI is InChI=1S/C13H14ClN3OS2/c14-10-3-1-2-9(6-10)4-5-16-11(18)8-19-12-7-17-13(15)20-12/h1-3,6-7H,4-5,8H2,(H2,15,17)(H,16,18). The zero-order chi connectivity index (χ0) is 14.4. The number of hydrogen-bond donors (Lipinski definition) is 2. The number of hydrogen-bond acceptors (Lipinski definition) is 5. The fourth-order valence-electron chi connectivity index (χ4n) is 1.57. The molecule has 0 spiro atoms. The molecule has 3 N–H and O–H groups in total. The Morgan fingerprint density at radius 2 is 2.35 bits per heavy atom. The second-order valence-corrected chi connectivity index (χ2v) is 6.81. The summed E-state index contributed by atoms with van der Waals surface area (Å²) in [6.45, 7) is 0.602. The minimum atomic E-state index is 0.00370. The Morgan fingerprint density at radius 3 is 3.05 bits per heavy atom. The molecule has 0 atom stereocenters. The molecule has 0 radical (unpaired) electrons. The maximum atomic E-state index is 11.7. The van der Waals surface area contributed by atoms with Crippen molar-refractivity contribution in [2.24, 2.45) is 0 Å². The number of carbonyl (C=O) groups is 1. The number of nitrogens with zero attached hydrogens (tertiary/aromatic N) is 1. The van der Waals surface area contributed by atoms with Crippen LogP contribution in [0.5, 0.6) is 0 Å². The van der Waals surface area contributed by atoms with Crippen molar-refractivity contribution in [2.45, 2.75) is 10.6 Å². The lowest BCUT2D eigenvalue weighted by atomic mass is 10.1. The van der Waals surface area contributed by atoms with Crippen LogP contribution < -0.4 is 11.1 Å². The van der Waals surface area contributed by atoms with Gasteiger partial charge in [0, 0.05) is 11.6 Å². The van der Waals surface area contributed by atoms with Gasteiger partial charge in [0.05, 0.1) is 16.2 Å². The van der Waals surface area contributed by atoms with Gasteiger partial charge < -0.3 is 11.1 Å². The lowest BCUT2D eigenvalue weighted by molar-refractivity contribution is -0.118. The summed E-state index contributed by atoms with van der Waals surface area (Å²) in [5, 5.41) is 4.11. The molecule has 0 fully saturated rings. The average molecular weight is 328 g/mol. The first kappa shape index (κ1) is 15.2. The number of anilines is 1. The Morgan fingerprint density at radius 1 is 1.50 bits per heavy atom. The first-order valence-corrected chi connectivity index (χ1v) is 8.17. The van der Waals surface area contributed by atoms with E-state index in [2.05, 4.69) is 10.3 Å². The van der Waals surface area contributed by atoms with Crippen molar-refractivity contribution in [3.63, 3.8) is 0 Å². The molecular formula is C13H14ClN3OS2. The highest BCUT2D eigenvalue weighted by atomic mass is 35.5. The molecule has 0 saturated carbocycles. The van der Waals surface area contributed by atoms with E-state index >= 15 is 0 Å². The van der Waals surface area contributed by atoms with Gasteiger partial charge in [0.2, 0.25) is 5.91 Å². The van der Waals surface area contributed by atoms with E-state index in [0.717, 1.165) is 16.2 Å². The summed E-state index contributed by atoms with van der Waals surface area (Å²) < 4.78 is 0.951. The predicted molar refractivity (Wildman–Crippen MR) is 85.4 cm³/mol. The molecule has 4 nitrogen and oxygen atoms in total. The molecule has 0 aliphatic carbocycles. The van der Waals surface area contributed by atoms with Crippen LogP contribution in [0, 0.1) is 0 Å². The van der Waals surface area contributed by atoms with Gasteiger partial charge >= 0.3 is 0 Å². The lowest BCUT2D eigenvalue weighted by Gasteiger charge is -2.05. The normalized spacial score (nSPS) is 10.4. The largest absolute Gasteiger partial charge is 0.375 e. The topological polar surface area (TPSA) is 68.0 Å². The average Bonchev–Trinajstić information content (AvgIpc) is 2.82. The Bertz CT molecular complexity index is 589. The van der Waals surface area contributed by atoms with Crippen LogP contribution in [0.4, 0.5) is 5.13 Å². The molecular weight excluding hydrogens is 314 g/mol. The monoisotopic (exact) mass is 327 g/mol. The number of carbonyl (C=O) groups excluding carboxylic acids is 1. The summed E-state index contributed by atoms with van der Waals surface area (Å²) in [6, 6.07) is 7.64. The van der Waals surface area contributed by atoms with Crippen molar-refractivity contribution in [3.05, 3.63) is 41.0 Å². The number of halogens is 1. The number of thiazole rings is 1. The molecule has 0 aliphatic rings. The number of nitrogens with two attached hydrogens (primary N) is 1. The smallest absolute Gasteiger partial charge is 0.230 e. The van der Waals surface area contributed by atoms with Crippen LogP contribution in [0.2, 0.25) is 5.02 Å². The zero-order valence-electron chi connectivity index (χ0n) is 10.6. The van der Waals surface area contributed by atoms with Gasteiger partial charge in [-0.3, -0.25) is 4.79 Å². The van der Waals surface area contributed by atoms with E-state index in [1.165, 1.54) is 23.1 Å². The molecule has 1 aromatic heterocycles. The molecule has 20 heavy (non-hydrogen) atoms. The summed E-state index contributed by atoms with van der Waals surface area (Å²) in [5.74, 6) is 0.376. The molecule has 0 bridgehead atoms. The van der Waals surface area contributed by atoms with Crippen LogP contribution in [-0.2, 0) is 11.2 Å². The van der Waals surface area contributed by atoms with Gasteiger partial charge in [-0.05, 0) is 24.1 Å². The predicted octanol–water partition coefficient (Wildman–Crippen LogP) is 2.83. The van der Waals surface area contributed by atoms with Gasteiger partial charge in [-0.25, -0.2) is 4.98 Å². The highest BCUT2D eigenvalue weighted by Gasteiger charge is 2.05.